The van der Waals surface area contributed by atoms with Crippen molar-refractivity contribution in [2.45, 2.75) is 31.8 Å². The van der Waals surface area contributed by atoms with Gasteiger partial charge in [0.05, 0.1) is 0 Å². The Labute approximate surface area is 106 Å². The van der Waals surface area contributed by atoms with Gasteiger partial charge in [0.25, 0.3) is 0 Å². The van der Waals surface area contributed by atoms with Gasteiger partial charge in [0.1, 0.15) is 6.04 Å². The average Bonchev–Trinajstić information content (AvgIpc) is 2.70. The number of benzene rings is 1. The molecule has 1 fully saturated rings. The van der Waals surface area contributed by atoms with E-state index in [1.165, 1.54) is 5.56 Å². The van der Waals surface area contributed by atoms with Gasteiger partial charge in [-0.25, -0.2) is 0 Å². The molecule has 0 aromatic heterocycles. The van der Waals surface area contributed by atoms with E-state index >= 15 is 0 Å². The van der Waals surface area contributed by atoms with E-state index in [4.69, 9.17) is 11.6 Å². The van der Waals surface area contributed by atoms with Crippen molar-refractivity contribution in [2.24, 2.45) is 0 Å². The van der Waals surface area contributed by atoms with Crippen LogP contribution in [0.1, 0.15) is 18.9 Å². The zero-order valence-electron chi connectivity index (χ0n) is 9.74. The quantitative estimate of drug-likeness (QED) is 0.827. The van der Waals surface area contributed by atoms with E-state index < -0.39 is 0 Å². The summed E-state index contributed by atoms with van der Waals surface area (Å²) in [6, 6.07) is 6.27. The standard InChI is InChI=1S/C13H15ClN2O/c1-2-10-7-15-13(17)12-5-8-3-4-9(14)6-11(8)16(10)12/h3-4,6,10,12H,2,5,7H2,1H3,(H,15,17)/t10-,12+/m0/s1. The topological polar surface area (TPSA) is 32.3 Å². The molecule has 0 radical (unpaired) electrons. The highest BCUT2D eigenvalue weighted by Crippen LogP contribution is 2.37. The molecule has 2 aliphatic heterocycles. The van der Waals surface area contributed by atoms with Crippen LogP contribution in [0.2, 0.25) is 5.02 Å². The maximum atomic E-state index is 11.9. The van der Waals surface area contributed by atoms with Gasteiger partial charge >= 0.3 is 0 Å². The first-order chi connectivity index (χ1) is 8.20. The number of hydrogen-bond donors (Lipinski definition) is 1. The van der Waals surface area contributed by atoms with E-state index in [0.717, 1.165) is 30.1 Å². The van der Waals surface area contributed by atoms with Gasteiger partial charge in [0, 0.05) is 29.7 Å². The summed E-state index contributed by atoms with van der Waals surface area (Å²) in [5.74, 6) is 0.141. The highest BCUT2D eigenvalue weighted by molar-refractivity contribution is 6.31. The molecule has 1 saturated heterocycles. The minimum Gasteiger partial charge on any atom is -0.354 e. The second kappa shape index (κ2) is 3.91. The molecule has 1 aromatic carbocycles. The molecule has 3 nitrogen and oxygen atoms in total. The maximum Gasteiger partial charge on any atom is 0.243 e. The van der Waals surface area contributed by atoms with Crippen LogP contribution in [0.25, 0.3) is 0 Å². The van der Waals surface area contributed by atoms with Gasteiger partial charge in [0.15, 0.2) is 0 Å². The van der Waals surface area contributed by atoms with E-state index in [2.05, 4.69) is 17.1 Å². The summed E-state index contributed by atoms with van der Waals surface area (Å²) in [6.45, 7) is 2.89. The van der Waals surface area contributed by atoms with Crippen molar-refractivity contribution >= 4 is 23.2 Å². The van der Waals surface area contributed by atoms with Crippen LogP contribution in [0.4, 0.5) is 5.69 Å². The number of fused-ring (bicyclic) bond motifs is 3. The Kier molecular flexibility index (Phi) is 2.51. The average molecular weight is 251 g/mol. The molecule has 0 unspecified atom stereocenters. The van der Waals surface area contributed by atoms with Crippen molar-refractivity contribution in [1.82, 2.24) is 5.32 Å². The first kappa shape index (κ1) is 10.9. The number of halogens is 1. The van der Waals surface area contributed by atoms with Crippen molar-refractivity contribution in [3.8, 4) is 0 Å². The zero-order valence-corrected chi connectivity index (χ0v) is 10.5. The van der Waals surface area contributed by atoms with Gasteiger partial charge < -0.3 is 10.2 Å². The fourth-order valence-electron chi connectivity index (χ4n) is 2.87. The number of piperazine rings is 1. The molecular weight excluding hydrogens is 236 g/mol. The van der Waals surface area contributed by atoms with Crippen LogP contribution in [0.15, 0.2) is 18.2 Å². The number of rotatable bonds is 1. The molecule has 0 aliphatic carbocycles. The van der Waals surface area contributed by atoms with Crippen LogP contribution in [-0.2, 0) is 11.2 Å². The molecule has 1 amide bonds. The third kappa shape index (κ3) is 1.61. The first-order valence-corrected chi connectivity index (χ1v) is 6.43. The lowest BCUT2D eigenvalue weighted by Gasteiger charge is -2.39. The number of amides is 1. The third-order valence-corrected chi connectivity index (χ3v) is 3.99. The number of carbonyl (C=O) groups excluding carboxylic acids is 1. The number of nitrogens with zero attached hydrogens (tertiary/aromatic N) is 1. The highest BCUT2D eigenvalue weighted by atomic mass is 35.5. The van der Waals surface area contributed by atoms with Crippen LogP contribution in [0.3, 0.4) is 0 Å². The lowest BCUT2D eigenvalue weighted by molar-refractivity contribution is -0.123. The SMILES string of the molecule is CC[C@H]1CNC(=O)[C@H]2Cc3ccc(Cl)cc3N12. The maximum absolute atomic E-state index is 11.9. The second-order valence-electron chi connectivity index (χ2n) is 4.71. The summed E-state index contributed by atoms with van der Waals surface area (Å²) in [5.41, 5.74) is 2.37. The molecule has 1 aromatic rings. The van der Waals surface area contributed by atoms with Gasteiger partial charge in [-0.3, -0.25) is 4.79 Å². The molecule has 3 rings (SSSR count). The first-order valence-electron chi connectivity index (χ1n) is 6.05. The lowest BCUT2D eigenvalue weighted by Crippen LogP contribution is -2.59. The smallest absolute Gasteiger partial charge is 0.243 e. The van der Waals surface area contributed by atoms with Crippen molar-refractivity contribution < 1.29 is 4.79 Å². The van der Waals surface area contributed by atoms with E-state index in [9.17, 15) is 4.79 Å². The molecule has 2 aliphatic rings. The predicted molar refractivity (Wildman–Crippen MR) is 68.5 cm³/mol. The fraction of sp³-hybridized carbons (Fsp3) is 0.462. The van der Waals surface area contributed by atoms with Crippen LogP contribution in [0.5, 0.6) is 0 Å². The van der Waals surface area contributed by atoms with E-state index in [1.54, 1.807) is 0 Å². The second-order valence-corrected chi connectivity index (χ2v) is 5.14. The Morgan fingerprint density at radius 2 is 2.35 bits per heavy atom. The number of anilines is 1. The Bertz CT molecular complexity index is 474. The van der Waals surface area contributed by atoms with Crippen molar-refractivity contribution in [2.75, 3.05) is 11.4 Å². The summed E-state index contributed by atoms with van der Waals surface area (Å²) in [4.78, 5) is 14.2. The molecule has 1 N–H and O–H groups in total. The normalized spacial score (nSPS) is 26.5. The Balaban J connectivity index is 2.06. The van der Waals surface area contributed by atoms with E-state index in [1.807, 2.05) is 18.2 Å². The molecule has 17 heavy (non-hydrogen) atoms. The summed E-state index contributed by atoms with van der Waals surface area (Å²) >= 11 is 6.05. The Hall–Kier alpha value is -1.22. The van der Waals surface area contributed by atoms with E-state index in [-0.39, 0.29) is 11.9 Å². The summed E-state index contributed by atoms with van der Waals surface area (Å²) < 4.78 is 0. The van der Waals surface area contributed by atoms with E-state index in [0.29, 0.717) is 6.04 Å². The minimum absolute atomic E-state index is 0.0397. The molecule has 2 atom stereocenters. The summed E-state index contributed by atoms with van der Waals surface area (Å²) in [5, 5.41) is 3.73. The summed E-state index contributed by atoms with van der Waals surface area (Å²) in [7, 11) is 0. The van der Waals surface area contributed by atoms with Crippen molar-refractivity contribution in [3.63, 3.8) is 0 Å². The minimum atomic E-state index is -0.0397. The Morgan fingerprint density at radius 1 is 1.53 bits per heavy atom. The molecule has 2 heterocycles. The van der Waals surface area contributed by atoms with Gasteiger partial charge in [-0.2, -0.15) is 0 Å². The lowest BCUT2D eigenvalue weighted by atomic mass is 10.1. The molecule has 0 bridgehead atoms. The zero-order chi connectivity index (χ0) is 12.0. The summed E-state index contributed by atoms with van der Waals surface area (Å²) in [6.07, 6.45) is 1.83. The highest BCUT2D eigenvalue weighted by Gasteiger charge is 2.41. The van der Waals surface area contributed by atoms with Gasteiger partial charge in [0.2, 0.25) is 5.91 Å². The van der Waals surface area contributed by atoms with Crippen LogP contribution in [0, 0.1) is 0 Å². The van der Waals surface area contributed by atoms with Crippen molar-refractivity contribution in [3.05, 3.63) is 28.8 Å². The number of hydrogen-bond acceptors (Lipinski definition) is 2. The molecular formula is C13H15ClN2O. The molecule has 0 saturated carbocycles. The Morgan fingerprint density at radius 3 is 3.12 bits per heavy atom. The molecule has 4 heteroatoms. The largest absolute Gasteiger partial charge is 0.354 e. The van der Waals surface area contributed by atoms with Gasteiger partial charge in [-0.1, -0.05) is 24.6 Å². The predicted octanol–water partition coefficient (Wildman–Crippen LogP) is 1.98. The number of nitrogens with one attached hydrogen (secondary N) is 1. The molecule has 0 spiro atoms. The molecule has 90 valence electrons. The van der Waals surface area contributed by atoms with Gasteiger partial charge in [-0.15, -0.1) is 0 Å². The van der Waals surface area contributed by atoms with Gasteiger partial charge in [-0.05, 0) is 24.1 Å². The van der Waals surface area contributed by atoms with Crippen LogP contribution < -0.4 is 10.2 Å². The monoisotopic (exact) mass is 250 g/mol. The number of carbonyl (C=O) groups is 1. The van der Waals surface area contributed by atoms with Crippen LogP contribution in [-0.4, -0.2) is 24.5 Å². The third-order valence-electron chi connectivity index (χ3n) is 3.75. The van der Waals surface area contributed by atoms with Crippen LogP contribution >= 0.6 is 11.6 Å². The van der Waals surface area contributed by atoms with Crippen molar-refractivity contribution in [1.29, 1.82) is 0 Å². The fourth-order valence-corrected chi connectivity index (χ4v) is 3.04.